The number of halogens is 1. The molecule has 5 heteroatoms. The summed E-state index contributed by atoms with van der Waals surface area (Å²) in [6, 6.07) is 12.0. The van der Waals surface area contributed by atoms with Crippen LogP contribution in [0.3, 0.4) is 0 Å². The summed E-state index contributed by atoms with van der Waals surface area (Å²) in [5, 5.41) is 18.8. The van der Waals surface area contributed by atoms with Gasteiger partial charge in [-0.25, -0.2) is 0 Å². The molecule has 114 valence electrons. The molecule has 0 bridgehead atoms. The Morgan fingerprint density at radius 3 is 2.52 bits per heavy atom. The van der Waals surface area contributed by atoms with Crippen LogP contribution in [0.1, 0.15) is 11.3 Å². The van der Waals surface area contributed by atoms with Crippen LogP contribution in [0.25, 0.3) is 10.4 Å². The first-order valence-electron chi connectivity index (χ1n) is 7.02. The molecule has 2 aromatic rings. The van der Waals surface area contributed by atoms with Crippen molar-refractivity contribution in [3.63, 3.8) is 0 Å². The fraction of sp³-hybridized carbons (Fsp3) is 0.375. The summed E-state index contributed by atoms with van der Waals surface area (Å²) >= 11 is 7.94. The molecule has 0 amide bonds. The van der Waals surface area contributed by atoms with E-state index in [4.69, 9.17) is 21.8 Å². The first kappa shape index (κ1) is 16.5. The van der Waals surface area contributed by atoms with Gasteiger partial charge in [-0.2, -0.15) is 0 Å². The monoisotopic (exact) mass is 325 g/mol. The van der Waals surface area contributed by atoms with Gasteiger partial charge < -0.3 is 10.2 Å². The van der Waals surface area contributed by atoms with Gasteiger partial charge >= 0.3 is 0 Å². The molecule has 0 atom stereocenters. The predicted molar refractivity (Wildman–Crippen MR) is 88.8 cm³/mol. The number of aliphatic hydroxyl groups is 2. The van der Waals surface area contributed by atoms with Crippen molar-refractivity contribution in [2.24, 2.45) is 0 Å². The molecule has 0 aliphatic heterocycles. The molecule has 2 N–H and O–H groups in total. The molecule has 0 spiro atoms. The minimum absolute atomic E-state index is 0.133. The Labute approximate surface area is 134 Å². The second-order valence-corrected chi connectivity index (χ2v) is 6.40. The molecule has 1 aromatic heterocycles. The van der Waals surface area contributed by atoms with Crippen LogP contribution in [0.2, 0.25) is 5.02 Å². The second-order valence-electron chi connectivity index (χ2n) is 4.82. The summed E-state index contributed by atoms with van der Waals surface area (Å²) in [5.74, 6) is 0. The maximum absolute atomic E-state index is 9.12. The SMILES string of the molecule is OCCCN(CCO)Cc1ccc(-c2ccccc2Cl)s1. The Morgan fingerprint density at radius 2 is 1.81 bits per heavy atom. The third-order valence-electron chi connectivity index (χ3n) is 3.23. The van der Waals surface area contributed by atoms with Gasteiger partial charge in [0.1, 0.15) is 0 Å². The molecule has 1 aromatic carbocycles. The topological polar surface area (TPSA) is 43.7 Å². The molecule has 2 rings (SSSR count). The Bertz CT molecular complexity index is 559. The molecule has 21 heavy (non-hydrogen) atoms. The summed E-state index contributed by atoms with van der Waals surface area (Å²) in [5.41, 5.74) is 1.06. The van der Waals surface area contributed by atoms with Crippen LogP contribution >= 0.6 is 22.9 Å². The Morgan fingerprint density at radius 1 is 1.00 bits per heavy atom. The number of hydrogen-bond acceptors (Lipinski definition) is 4. The van der Waals surface area contributed by atoms with Gasteiger partial charge in [-0.15, -0.1) is 11.3 Å². The minimum atomic E-state index is 0.133. The van der Waals surface area contributed by atoms with E-state index in [9.17, 15) is 0 Å². The average molecular weight is 326 g/mol. The number of nitrogens with zero attached hydrogens (tertiary/aromatic N) is 1. The van der Waals surface area contributed by atoms with Crippen molar-refractivity contribution < 1.29 is 10.2 Å². The van der Waals surface area contributed by atoms with Gasteiger partial charge in [0.05, 0.1) is 6.61 Å². The Hall–Kier alpha value is -0.910. The van der Waals surface area contributed by atoms with Crippen LogP contribution in [0.5, 0.6) is 0 Å². The lowest BCUT2D eigenvalue weighted by molar-refractivity contribution is 0.175. The molecule has 0 saturated carbocycles. The van der Waals surface area contributed by atoms with E-state index in [1.54, 1.807) is 11.3 Å². The zero-order valence-corrected chi connectivity index (χ0v) is 13.4. The van der Waals surface area contributed by atoms with E-state index in [1.165, 1.54) is 4.88 Å². The third-order valence-corrected chi connectivity index (χ3v) is 4.66. The van der Waals surface area contributed by atoms with Crippen molar-refractivity contribution >= 4 is 22.9 Å². The fourth-order valence-corrected chi connectivity index (χ4v) is 3.58. The van der Waals surface area contributed by atoms with Crippen molar-refractivity contribution in [1.82, 2.24) is 4.90 Å². The number of benzene rings is 1. The van der Waals surface area contributed by atoms with Gasteiger partial charge in [-0.05, 0) is 24.6 Å². The maximum Gasteiger partial charge on any atom is 0.0558 e. The number of rotatable bonds is 8. The van der Waals surface area contributed by atoms with Crippen LogP contribution in [-0.2, 0) is 6.54 Å². The summed E-state index contributed by atoms with van der Waals surface area (Å²) in [6.07, 6.45) is 0.725. The van der Waals surface area contributed by atoms with E-state index in [0.717, 1.165) is 35.0 Å². The Balaban J connectivity index is 2.06. The quantitative estimate of drug-likeness (QED) is 0.783. The normalized spacial score (nSPS) is 11.2. The molecule has 1 heterocycles. The maximum atomic E-state index is 9.12. The van der Waals surface area contributed by atoms with Gasteiger partial charge in [0.2, 0.25) is 0 Å². The van der Waals surface area contributed by atoms with Gasteiger partial charge in [0.25, 0.3) is 0 Å². The zero-order valence-electron chi connectivity index (χ0n) is 11.8. The first-order chi connectivity index (χ1) is 10.2. The second kappa shape index (κ2) is 8.51. The van der Waals surface area contributed by atoms with Crippen LogP contribution in [-0.4, -0.2) is 41.4 Å². The van der Waals surface area contributed by atoms with Crippen LogP contribution in [0.4, 0.5) is 0 Å². The van der Waals surface area contributed by atoms with E-state index in [1.807, 2.05) is 24.3 Å². The summed E-state index contributed by atoms with van der Waals surface area (Å²) in [4.78, 5) is 4.54. The van der Waals surface area contributed by atoms with Crippen molar-refractivity contribution in [2.75, 3.05) is 26.3 Å². The smallest absolute Gasteiger partial charge is 0.0558 e. The molecule has 3 nitrogen and oxygen atoms in total. The highest BCUT2D eigenvalue weighted by Crippen LogP contribution is 2.33. The zero-order chi connectivity index (χ0) is 15.1. The van der Waals surface area contributed by atoms with Gasteiger partial charge in [0.15, 0.2) is 0 Å². The summed E-state index contributed by atoms with van der Waals surface area (Å²) in [7, 11) is 0. The van der Waals surface area contributed by atoms with Crippen LogP contribution < -0.4 is 0 Å². The van der Waals surface area contributed by atoms with Crippen molar-refractivity contribution in [2.45, 2.75) is 13.0 Å². The van der Waals surface area contributed by atoms with E-state index in [-0.39, 0.29) is 13.2 Å². The van der Waals surface area contributed by atoms with Crippen molar-refractivity contribution in [3.05, 3.63) is 46.3 Å². The average Bonchev–Trinajstić information content (AvgIpc) is 2.94. The number of hydrogen-bond donors (Lipinski definition) is 2. The summed E-state index contributed by atoms with van der Waals surface area (Å²) in [6.45, 7) is 2.51. The van der Waals surface area contributed by atoms with E-state index < -0.39 is 0 Å². The molecular weight excluding hydrogens is 306 g/mol. The van der Waals surface area contributed by atoms with Gasteiger partial charge in [0, 0.05) is 46.6 Å². The predicted octanol–water partition coefficient (Wildman–Crippen LogP) is 3.25. The third kappa shape index (κ3) is 4.80. The highest BCUT2D eigenvalue weighted by Gasteiger charge is 2.10. The van der Waals surface area contributed by atoms with Crippen molar-refractivity contribution in [3.8, 4) is 10.4 Å². The molecule has 0 saturated heterocycles. The molecule has 0 fully saturated rings. The van der Waals surface area contributed by atoms with Crippen LogP contribution in [0, 0.1) is 0 Å². The first-order valence-corrected chi connectivity index (χ1v) is 8.21. The number of aliphatic hydroxyl groups excluding tert-OH is 2. The van der Waals surface area contributed by atoms with Gasteiger partial charge in [-0.3, -0.25) is 4.90 Å². The number of thiophene rings is 1. The summed E-state index contributed by atoms with van der Waals surface area (Å²) < 4.78 is 0. The van der Waals surface area contributed by atoms with E-state index >= 15 is 0 Å². The lowest BCUT2D eigenvalue weighted by Crippen LogP contribution is -2.27. The van der Waals surface area contributed by atoms with Crippen LogP contribution in [0.15, 0.2) is 36.4 Å². The minimum Gasteiger partial charge on any atom is -0.396 e. The van der Waals surface area contributed by atoms with E-state index in [2.05, 4.69) is 17.0 Å². The highest BCUT2D eigenvalue weighted by atomic mass is 35.5. The standard InChI is InChI=1S/C16H20ClNO2S/c17-15-5-2-1-4-14(15)16-7-6-13(21-16)12-18(9-11-20)8-3-10-19/h1-2,4-7,19-20H,3,8-12H2. The highest BCUT2D eigenvalue weighted by molar-refractivity contribution is 7.15. The lowest BCUT2D eigenvalue weighted by atomic mass is 10.2. The molecule has 0 aliphatic carbocycles. The Kier molecular flexibility index (Phi) is 6.67. The molecule has 0 unspecified atom stereocenters. The molecule has 0 radical (unpaired) electrons. The van der Waals surface area contributed by atoms with E-state index in [0.29, 0.717) is 6.54 Å². The largest absolute Gasteiger partial charge is 0.396 e. The molecule has 0 aliphatic rings. The van der Waals surface area contributed by atoms with Gasteiger partial charge in [-0.1, -0.05) is 29.8 Å². The van der Waals surface area contributed by atoms with Crippen molar-refractivity contribution in [1.29, 1.82) is 0 Å². The fourth-order valence-electron chi connectivity index (χ4n) is 2.19. The molecular formula is C16H20ClNO2S. The lowest BCUT2D eigenvalue weighted by Gasteiger charge is -2.19.